The Labute approximate surface area is 128 Å². The van der Waals surface area contributed by atoms with E-state index in [-0.39, 0.29) is 29.1 Å². The summed E-state index contributed by atoms with van der Waals surface area (Å²) in [6.07, 6.45) is 1.36. The maximum atomic E-state index is 12.5. The summed E-state index contributed by atoms with van der Waals surface area (Å²) in [4.78, 5) is 16.1. The fourth-order valence-corrected chi connectivity index (χ4v) is 2.49. The van der Waals surface area contributed by atoms with Crippen molar-refractivity contribution in [2.24, 2.45) is 0 Å². The van der Waals surface area contributed by atoms with E-state index in [2.05, 4.69) is 10.3 Å². The highest BCUT2D eigenvalue weighted by molar-refractivity contribution is 7.99. The molecular weight excluding hydrogens is 314 g/mol. The number of nitrogens with zero attached hydrogens (tertiary/aromatic N) is 1. The molecule has 1 amide bonds. The van der Waals surface area contributed by atoms with Gasteiger partial charge in [0.2, 0.25) is 6.79 Å². The van der Waals surface area contributed by atoms with Crippen LogP contribution in [0.15, 0.2) is 41.6 Å². The van der Waals surface area contributed by atoms with Crippen LogP contribution in [0.5, 0.6) is 11.5 Å². The molecule has 2 heterocycles. The molecule has 114 valence electrons. The lowest BCUT2D eigenvalue weighted by Gasteiger charge is -2.09. The zero-order valence-corrected chi connectivity index (χ0v) is 11.9. The van der Waals surface area contributed by atoms with Gasteiger partial charge in [-0.2, -0.15) is 8.78 Å². The van der Waals surface area contributed by atoms with Crippen LogP contribution in [0.3, 0.4) is 0 Å². The first-order chi connectivity index (χ1) is 10.6. The molecule has 0 spiro atoms. The van der Waals surface area contributed by atoms with Crippen molar-refractivity contribution >= 4 is 23.4 Å². The largest absolute Gasteiger partial charge is 0.454 e. The molecule has 0 atom stereocenters. The molecule has 5 nitrogen and oxygen atoms in total. The van der Waals surface area contributed by atoms with E-state index < -0.39 is 11.7 Å². The first kappa shape index (κ1) is 14.6. The molecular formula is C14H10F2N2O3S. The van der Waals surface area contributed by atoms with Crippen LogP contribution in [0.1, 0.15) is 10.4 Å². The third-order valence-corrected chi connectivity index (χ3v) is 3.57. The van der Waals surface area contributed by atoms with Gasteiger partial charge in [0.1, 0.15) is 5.03 Å². The van der Waals surface area contributed by atoms with Crippen LogP contribution in [0.2, 0.25) is 0 Å². The maximum Gasteiger partial charge on any atom is 0.290 e. The summed E-state index contributed by atoms with van der Waals surface area (Å²) < 4.78 is 35.4. The molecule has 0 saturated carbocycles. The minimum absolute atomic E-state index is 0.0178. The quantitative estimate of drug-likeness (QED) is 0.874. The Hall–Kier alpha value is -2.35. The smallest absolute Gasteiger partial charge is 0.290 e. The summed E-state index contributed by atoms with van der Waals surface area (Å²) in [7, 11) is 0. The van der Waals surface area contributed by atoms with Gasteiger partial charge in [-0.15, -0.1) is 0 Å². The Balaban J connectivity index is 1.80. The topological polar surface area (TPSA) is 60.5 Å². The van der Waals surface area contributed by atoms with Gasteiger partial charge in [-0.25, -0.2) is 4.98 Å². The molecule has 0 aliphatic carbocycles. The number of thioether (sulfide) groups is 1. The highest BCUT2D eigenvalue weighted by Crippen LogP contribution is 2.34. The second-order valence-corrected chi connectivity index (χ2v) is 5.24. The van der Waals surface area contributed by atoms with Crippen molar-refractivity contribution in [3.63, 3.8) is 0 Å². The van der Waals surface area contributed by atoms with E-state index in [4.69, 9.17) is 9.47 Å². The van der Waals surface area contributed by atoms with Crippen molar-refractivity contribution < 1.29 is 23.0 Å². The highest BCUT2D eigenvalue weighted by atomic mass is 32.2. The SMILES string of the molecule is O=C(Nc1ccc2c(c1)OCO2)c1cccnc1SC(F)F. The molecule has 1 aliphatic rings. The Morgan fingerprint density at radius 3 is 2.91 bits per heavy atom. The first-order valence-electron chi connectivity index (χ1n) is 6.24. The number of alkyl halides is 2. The van der Waals surface area contributed by atoms with Crippen molar-refractivity contribution in [1.29, 1.82) is 0 Å². The normalized spacial score (nSPS) is 12.5. The molecule has 0 saturated heterocycles. The number of aromatic nitrogens is 1. The summed E-state index contributed by atoms with van der Waals surface area (Å²) in [5, 5.41) is 2.61. The fourth-order valence-electron chi connectivity index (χ4n) is 1.91. The van der Waals surface area contributed by atoms with Gasteiger partial charge in [-0.05, 0) is 36.0 Å². The molecule has 0 unspecified atom stereocenters. The van der Waals surface area contributed by atoms with Crippen molar-refractivity contribution in [1.82, 2.24) is 4.98 Å². The van der Waals surface area contributed by atoms with Gasteiger partial charge in [0.25, 0.3) is 11.7 Å². The second-order valence-electron chi connectivity index (χ2n) is 4.26. The number of benzene rings is 1. The zero-order chi connectivity index (χ0) is 15.5. The number of rotatable bonds is 4. The molecule has 1 aromatic heterocycles. The van der Waals surface area contributed by atoms with Crippen molar-refractivity contribution in [3.8, 4) is 11.5 Å². The number of nitrogens with one attached hydrogen (secondary N) is 1. The van der Waals surface area contributed by atoms with Gasteiger partial charge < -0.3 is 14.8 Å². The minimum Gasteiger partial charge on any atom is -0.454 e. The minimum atomic E-state index is -2.65. The highest BCUT2D eigenvalue weighted by Gasteiger charge is 2.18. The standard InChI is InChI=1S/C14H10F2N2O3S/c15-14(16)22-13-9(2-1-5-17-13)12(19)18-8-3-4-10-11(6-8)21-7-20-10/h1-6,14H,7H2,(H,18,19). The summed E-state index contributed by atoms with van der Waals surface area (Å²) in [6, 6.07) is 7.87. The number of ether oxygens (including phenoxy) is 2. The molecule has 1 aromatic carbocycles. The Kier molecular flexibility index (Phi) is 4.10. The number of fused-ring (bicyclic) bond motifs is 1. The molecule has 0 bridgehead atoms. The number of carbonyl (C=O) groups excluding carboxylic acids is 1. The van der Waals surface area contributed by atoms with Gasteiger partial charge in [0.05, 0.1) is 5.56 Å². The zero-order valence-electron chi connectivity index (χ0n) is 11.1. The van der Waals surface area contributed by atoms with Crippen LogP contribution in [0.4, 0.5) is 14.5 Å². The molecule has 2 aromatic rings. The summed E-state index contributed by atoms with van der Waals surface area (Å²) in [6.45, 7) is 0.129. The summed E-state index contributed by atoms with van der Waals surface area (Å²) in [5.74, 6) is -2.05. The Morgan fingerprint density at radius 1 is 1.27 bits per heavy atom. The van der Waals surface area contributed by atoms with Gasteiger partial charge in [-0.1, -0.05) is 0 Å². The lowest BCUT2D eigenvalue weighted by molar-refractivity contribution is 0.102. The lowest BCUT2D eigenvalue weighted by Crippen LogP contribution is -2.13. The van der Waals surface area contributed by atoms with E-state index >= 15 is 0 Å². The van der Waals surface area contributed by atoms with Crippen LogP contribution < -0.4 is 14.8 Å². The van der Waals surface area contributed by atoms with Crippen LogP contribution in [0, 0.1) is 0 Å². The van der Waals surface area contributed by atoms with Crippen molar-refractivity contribution in [2.75, 3.05) is 12.1 Å². The number of anilines is 1. The average molecular weight is 324 g/mol. The summed E-state index contributed by atoms with van der Waals surface area (Å²) >= 11 is 0.234. The molecule has 0 radical (unpaired) electrons. The fraction of sp³-hybridized carbons (Fsp3) is 0.143. The predicted octanol–water partition coefficient (Wildman–Crippen LogP) is 3.38. The maximum absolute atomic E-state index is 12.5. The Morgan fingerprint density at radius 2 is 2.09 bits per heavy atom. The van der Waals surface area contributed by atoms with Crippen LogP contribution in [-0.2, 0) is 0 Å². The number of hydrogen-bond acceptors (Lipinski definition) is 5. The Bertz CT molecular complexity index is 712. The number of hydrogen-bond donors (Lipinski definition) is 1. The van der Waals surface area contributed by atoms with Gasteiger partial charge >= 0.3 is 0 Å². The van der Waals surface area contributed by atoms with Crippen LogP contribution in [-0.4, -0.2) is 23.4 Å². The van der Waals surface area contributed by atoms with Gasteiger partial charge in [0, 0.05) is 18.0 Å². The van der Waals surface area contributed by atoms with Crippen LogP contribution >= 0.6 is 11.8 Å². The van der Waals surface area contributed by atoms with Crippen molar-refractivity contribution in [2.45, 2.75) is 10.8 Å². The second kappa shape index (κ2) is 6.18. The first-order valence-corrected chi connectivity index (χ1v) is 7.12. The molecule has 22 heavy (non-hydrogen) atoms. The van der Waals surface area contributed by atoms with E-state index in [1.807, 2.05) is 0 Å². The summed E-state index contributed by atoms with van der Waals surface area (Å²) in [5.41, 5.74) is 0.566. The van der Waals surface area contributed by atoms with E-state index in [1.165, 1.54) is 18.3 Å². The number of pyridine rings is 1. The molecule has 3 rings (SSSR count). The molecule has 1 N–H and O–H groups in total. The number of amides is 1. The van der Waals surface area contributed by atoms with E-state index in [0.717, 1.165) is 0 Å². The third kappa shape index (κ3) is 3.11. The molecule has 0 fully saturated rings. The predicted molar refractivity (Wildman–Crippen MR) is 76.6 cm³/mol. The monoisotopic (exact) mass is 324 g/mol. The molecule has 1 aliphatic heterocycles. The van der Waals surface area contributed by atoms with E-state index in [0.29, 0.717) is 17.2 Å². The average Bonchev–Trinajstić information content (AvgIpc) is 2.94. The van der Waals surface area contributed by atoms with E-state index in [9.17, 15) is 13.6 Å². The molecule has 8 heteroatoms. The van der Waals surface area contributed by atoms with Gasteiger partial charge in [0.15, 0.2) is 11.5 Å². The lowest BCUT2D eigenvalue weighted by atomic mass is 10.2. The third-order valence-electron chi connectivity index (χ3n) is 2.85. The van der Waals surface area contributed by atoms with Gasteiger partial charge in [-0.3, -0.25) is 4.79 Å². The number of halogens is 2. The van der Waals surface area contributed by atoms with E-state index in [1.54, 1.807) is 18.2 Å². The van der Waals surface area contributed by atoms with Crippen molar-refractivity contribution in [3.05, 3.63) is 42.1 Å². The number of carbonyl (C=O) groups is 1. The van der Waals surface area contributed by atoms with Crippen LogP contribution in [0.25, 0.3) is 0 Å².